The Morgan fingerprint density at radius 1 is 0.930 bits per heavy atom. The lowest BCUT2D eigenvalue weighted by atomic mass is 9.71. The van der Waals surface area contributed by atoms with Gasteiger partial charge in [0, 0.05) is 29.1 Å². The van der Waals surface area contributed by atoms with Crippen LogP contribution in [0.1, 0.15) is 78.1 Å². The number of ether oxygens (including phenoxy) is 1. The van der Waals surface area contributed by atoms with Crippen molar-refractivity contribution in [3.05, 3.63) is 94.5 Å². The predicted octanol–water partition coefficient (Wildman–Crippen LogP) is 7.41. The molecule has 1 unspecified atom stereocenters. The molecule has 1 amide bonds. The average molecular weight is 603 g/mol. The fraction of sp³-hybridized carbons (Fsp3) is 0.417. The summed E-state index contributed by atoms with van der Waals surface area (Å²) in [5, 5.41) is 3.84. The Kier molecular flexibility index (Phi) is 11.2. The van der Waals surface area contributed by atoms with Gasteiger partial charge >= 0.3 is 5.97 Å². The number of aldehydes is 1. The van der Waals surface area contributed by atoms with Crippen LogP contribution in [-0.2, 0) is 9.53 Å². The molecule has 0 spiro atoms. The molecule has 1 aliphatic heterocycles. The van der Waals surface area contributed by atoms with Crippen molar-refractivity contribution >= 4 is 29.8 Å². The van der Waals surface area contributed by atoms with E-state index in [0.717, 1.165) is 48.1 Å². The second-order valence-electron chi connectivity index (χ2n) is 12.4. The third kappa shape index (κ3) is 8.55. The molecule has 1 heterocycles. The monoisotopic (exact) mass is 602 g/mol. The minimum absolute atomic E-state index is 0.102. The van der Waals surface area contributed by atoms with Crippen LogP contribution < -0.4 is 5.32 Å². The summed E-state index contributed by atoms with van der Waals surface area (Å²) in [6.07, 6.45) is 5.91. The highest BCUT2D eigenvalue weighted by molar-refractivity contribution is 6.30. The van der Waals surface area contributed by atoms with Gasteiger partial charge in [0.2, 0.25) is 0 Å². The number of nitrogens with zero attached hydrogens (tertiary/aromatic N) is 1. The van der Waals surface area contributed by atoms with Crippen molar-refractivity contribution in [2.75, 3.05) is 27.2 Å². The van der Waals surface area contributed by atoms with Crippen LogP contribution in [0.2, 0.25) is 5.02 Å². The number of amides is 1. The highest BCUT2D eigenvalue weighted by atomic mass is 35.5. The van der Waals surface area contributed by atoms with Crippen molar-refractivity contribution in [2.24, 2.45) is 11.3 Å². The molecule has 2 fully saturated rings. The van der Waals surface area contributed by atoms with E-state index in [1.807, 2.05) is 30.3 Å². The maximum Gasteiger partial charge on any atom is 0.337 e. The summed E-state index contributed by atoms with van der Waals surface area (Å²) in [5.41, 5.74) is 4.44. The van der Waals surface area contributed by atoms with Gasteiger partial charge in [0.15, 0.2) is 0 Å². The molecule has 0 bridgehead atoms. The number of hydrogen-bond acceptors (Lipinski definition) is 5. The molecule has 3 aromatic rings. The fourth-order valence-electron chi connectivity index (χ4n) is 6.48. The number of likely N-dealkylation sites (tertiary alicyclic amines) is 1. The predicted molar refractivity (Wildman–Crippen MR) is 173 cm³/mol. The van der Waals surface area contributed by atoms with Crippen LogP contribution in [0.5, 0.6) is 0 Å². The van der Waals surface area contributed by atoms with Gasteiger partial charge in [-0.05, 0) is 97.3 Å². The molecule has 228 valence electrons. The smallest absolute Gasteiger partial charge is 0.337 e. The zero-order chi connectivity index (χ0) is 31.0. The van der Waals surface area contributed by atoms with Crippen LogP contribution in [-0.4, -0.2) is 56.4 Å². The third-order valence-corrected chi connectivity index (χ3v) is 9.00. The average Bonchev–Trinajstić information content (AvgIpc) is 3.01. The van der Waals surface area contributed by atoms with Crippen LogP contribution >= 0.6 is 11.6 Å². The van der Waals surface area contributed by atoms with Crippen molar-refractivity contribution in [1.29, 1.82) is 0 Å². The highest BCUT2D eigenvalue weighted by Crippen LogP contribution is 2.41. The standard InChI is InChI=1S/C22H23NO4.C14H20ClN/c1-27-22(26)18-10-5-8-16(13-18)15-7-4-9-17(12-15)21(25)23-20-11-3-2-6-19(20)14-24;1-14(2)10-16(3)9-8-13(14)11-4-6-12(15)7-5-11/h4-5,7-10,12-14,19-20H,2-3,6,11H2,1H3,(H,23,25);4-7,13H,8-10H2,1-3H3/t19-,20-;/m1./s1. The molecule has 7 heteroatoms. The van der Waals surface area contributed by atoms with E-state index in [4.69, 9.17) is 16.3 Å². The van der Waals surface area contributed by atoms with E-state index in [1.165, 1.54) is 32.2 Å². The van der Waals surface area contributed by atoms with Gasteiger partial charge in [0.1, 0.15) is 6.29 Å². The topological polar surface area (TPSA) is 75.7 Å². The first-order chi connectivity index (χ1) is 20.6. The number of carbonyl (C=O) groups is 3. The number of hydrogen-bond donors (Lipinski definition) is 1. The van der Waals surface area contributed by atoms with E-state index >= 15 is 0 Å². The SMILES string of the molecule is CN1CCC(c2ccc(Cl)cc2)C(C)(C)C1.COC(=O)c1cccc(-c2cccc(C(=O)N[C@@H]3CCCC[C@@H]3C=O)c2)c1. The molecule has 1 aliphatic carbocycles. The Morgan fingerprint density at radius 2 is 1.56 bits per heavy atom. The van der Waals surface area contributed by atoms with E-state index in [9.17, 15) is 14.4 Å². The Bertz CT molecular complexity index is 1400. The van der Waals surface area contributed by atoms with Crippen molar-refractivity contribution in [2.45, 2.75) is 57.9 Å². The summed E-state index contributed by atoms with van der Waals surface area (Å²) in [5.74, 6) is -0.0359. The van der Waals surface area contributed by atoms with Crippen molar-refractivity contribution in [1.82, 2.24) is 10.2 Å². The van der Waals surface area contributed by atoms with Crippen LogP contribution in [0.3, 0.4) is 0 Å². The third-order valence-electron chi connectivity index (χ3n) is 8.75. The van der Waals surface area contributed by atoms with Crippen molar-refractivity contribution in [3.63, 3.8) is 0 Å². The molecule has 5 rings (SSSR count). The van der Waals surface area contributed by atoms with Gasteiger partial charge in [-0.25, -0.2) is 4.79 Å². The number of nitrogens with one attached hydrogen (secondary N) is 1. The van der Waals surface area contributed by atoms with Crippen LogP contribution in [0, 0.1) is 11.3 Å². The van der Waals surface area contributed by atoms with Crippen molar-refractivity contribution in [3.8, 4) is 11.1 Å². The second-order valence-corrected chi connectivity index (χ2v) is 12.9. The lowest BCUT2D eigenvalue weighted by Crippen LogP contribution is -2.42. The molecule has 6 nitrogen and oxygen atoms in total. The molecule has 43 heavy (non-hydrogen) atoms. The van der Waals surface area contributed by atoms with Gasteiger partial charge in [0.05, 0.1) is 12.7 Å². The van der Waals surface area contributed by atoms with E-state index in [0.29, 0.717) is 22.5 Å². The molecule has 1 saturated heterocycles. The minimum Gasteiger partial charge on any atom is -0.465 e. The molecule has 3 atom stereocenters. The lowest BCUT2D eigenvalue weighted by Gasteiger charge is -2.43. The number of methoxy groups -OCH3 is 1. The first-order valence-electron chi connectivity index (χ1n) is 15.1. The van der Waals surface area contributed by atoms with E-state index in [1.54, 1.807) is 30.3 Å². The normalized spacial score (nSPS) is 21.6. The van der Waals surface area contributed by atoms with Gasteiger partial charge in [-0.2, -0.15) is 0 Å². The molecule has 3 aromatic carbocycles. The van der Waals surface area contributed by atoms with Crippen molar-refractivity contribution < 1.29 is 19.1 Å². The van der Waals surface area contributed by atoms with Gasteiger partial charge in [0.25, 0.3) is 5.91 Å². The maximum atomic E-state index is 12.7. The second kappa shape index (κ2) is 14.8. The number of carbonyl (C=O) groups excluding carboxylic acids is 3. The number of rotatable bonds is 6. The summed E-state index contributed by atoms with van der Waals surface area (Å²) in [6, 6.07) is 22.6. The molecule has 2 aliphatic rings. The summed E-state index contributed by atoms with van der Waals surface area (Å²) < 4.78 is 4.76. The van der Waals surface area contributed by atoms with Gasteiger partial charge in [-0.3, -0.25) is 4.79 Å². The number of halogens is 1. The largest absolute Gasteiger partial charge is 0.465 e. The molecule has 1 saturated carbocycles. The van der Waals surface area contributed by atoms with Crippen LogP contribution in [0.4, 0.5) is 0 Å². The van der Waals surface area contributed by atoms with E-state index < -0.39 is 5.97 Å². The molecule has 1 N–H and O–H groups in total. The highest BCUT2D eigenvalue weighted by Gasteiger charge is 2.35. The minimum atomic E-state index is -0.400. The zero-order valence-electron chi connectivity index (χ0n) is 25.6. The van der Waals surface area contributed by atoms with Crippen LogP contribution in [0.25, 0.3) is 11.1 Å². The summed E-state index contributed by atoms with van der Waals surface area (Å²) >= 11 is 5.94. The first-order valence-corrected chi connectivity index (χ1v) is 15.5. The molecule has 0 aromatic heterocycles. The van der Waals surface area contributed by atoms with Gasteiger partial charge in [-0.1, -0.05) is 74.7 Å². The molecular formula is C36H43ClN2O4. The first kappa shape index (κ1) is 32.4. The zero-order valence-corrected chi connectivity index (χ0v) is 26.4. The Labute approximate surface area is 260 Å². The summed E-state index contributed by atoms with van der Waals surface area (Å²) in [7, 11) is 3.55. The Balaban J connectivity index is 0.000000225. The van der Waals surface area contributed by atoms with Crippen LogP contribution in [0.15, 0.2) is 72.8 Å². The summed E-state index contributed by atoms with van der Waals surface area (Å²) in [6.45, 7) is 7.08. The number of benzene rings is 3. The fourth-order valence-corrected chi connectivity index (χ4v) is 6.60. The number of esters is 1. The maximum absolute atomic E-state index is 12.7. The van der Waals surface area contributed by atoms with E-state index in [2.05, 4.69) is 43.2 Å². The van der Waals surface area contributed by atoms with Gasteiger partial charge < -0.3 is 19.7 Å². The summed E-state index contributed by atoms with van der Waals surface area (Å²) in [4.78, 5) is 38.1. The number of piperidine rings is 1. The van der Waals surface area contributed by atoms with E-state index in [-0.39, 0.29) is 17.9 Å². The Morgan fingerprint density at radius 3 is 2.19 bits per heavy atom. The Hall–Kier alpha value is -3.48. The molecule has 0 radical (unpaired) electrons. The quantitative estimate of drug-likeness (QED) is 0.235. The van der Waals surface area contributed by atoms with Gasteiger partial charge in [-0.15, -0.1) is 0 Å². The molecular weight excluding hydrogens is 560 g/mol. The lowest BCUT2D eigenvalue weighted by molar-refractivity contribution is -0.112.